The van der Waals surface area contributed by atoms with Gasteiger partial charge in [0, 0.05) is 17.5 Å². The number of allylic oxidation sites excluding steroid dienone is 1. The van der Waals surface area contributed by atoms with Crippen LogP contribution in [0.25, 0.3) is 5.57 Å². The van der Waals surface area contributed by atoms with Crippen molar-refractivity contribution in [2.45, 2.75) is 33.3 Å². The standard InChI is InChI=1S/C23H27BrO4/c1-4-26-22(23(25)27-5-2)16-18-6-12-21(13-7-18)28-15-14-17(3)19-8-10-20(24)11-9-19/h6-14,22H,4-5,15-16H2,1-3H3/b17-14+. The lowest BCUT2D eigenvalue weighted by molar-refractivity contribution is -0.156. The Morgan fingerprint density at radius 2 is 1.71 bits per heavy atom. The van der Waals surface area contributed by atoms with Crippen LogP contribution >= 0.6 is 15.9 Å². The molecule has 0 radical (unpaired) electrons. The Bertz CT molecular complexity index is 766. The number of carbonyl (C=O) groups is 1. The summed E-state index contributed by atoms with van der Waals surface area (Å²) in [5, 5.41) is 0. The molecule has 0 saturated carbocycles. The lowest BCUT2D eigenvalue weighted by atomic mass is 10.1. The van der Waals surface area contributed by atoms with E-state index in [0.717, 1.165) is 21.4 Å². The van der Waals surface area contributed by atoms with Gasteiger partial charge in [-0.2, -0.15) is 0 Å². The maximum atomic E-state index is 12.0. The van der Waals surface area contributed by atoms with E-state index in [4.69, 9.17) is 14.2 Å². The Hall–Kier alpha value is -2.11. The molecule has 0 aliphatic heterocycles. The van der Waals surface area contributed by atoms with Crippen molar-refractivity contribution in [1.29, 1.82) is 0 Å². The highest BCUT2D eigenvalue weighted by atomic mass is 79.9. The quantitative estimate of drug-likeness (QED) is 0.455. The van der Waals surface area contributed by atoms with E-state index in [1.165, 1.54) is 5.56 Å². The molecule has 2 aromatic rings. The molecule has 4 nitrogen and oxygen atoms in total. The predicted octanol–water partition coefficient (Wildman–Crippen LogP) is 5.44. The second-order valence-electron chi connectivity index (χ2n) is 6.25. The topological polar surface area (TPSA) is 44.8 Å². The van der Waals surface area contributed by atoms with Gasteiger partial charge in [0.1, 0.15) is 12.4 Å². The largest absolute Gasteiger partial charge is 0.490 e. The number of benzene rings is 2. The summed E-state index contributed by atoms with van der Waals surface area (Å²) < 4.78 is 17.5. The first-order valence-electron chi connectivity index (χ1n) is 9.46. The summed E-state index contributed by atoms with van der Waals surface area (Å²) in [7, 11) is 0. The monoisotopic (exact) mass is 446 g/mol. The van der Waals surface area contributed by atoms with Crippen LogP contribution in [0.1, 0.15) is 31.9 Å². The zero-order valence-electron chi connectivity index (χ0n) is 16.6. The molecule has 1 unspecified atom stereocenters. The molecular formula is C23H27BrO4. The van der Waals surface area contributed by atoms with Crippen LogP contribution in [0.3, 0.4) is 0 Å². The van der Waals surface area contributed by atoms with Crippen LogP contribution in [0.15, 0.2) is 59.1 Å². The summed E-state index contributed by atoms with van der Waals surface area (Å²) in [6.45, 7) is 7.04. The van der Waals surface area contributed by atoms with Gasteiger partial charge in [-0.3, -0.25) is 0 Å². The lowest BCUT2D eigenvalue weighted by Gasteiger charge is -2.15. The van der Waals surface area contributed by atoms with Crippen molar-refractivity contribution < 1.29 is 19.0 Å². The number of hydrogen-bond donors (Lipinski definition) is 0. The average Bonchev–Trinajstić information content (AvgIpc) is 2.69. The average molecular weight is 447 g/mol. The van der Waals surface area contributed by atoms with Gasteiger partial charge in [-0.1, -0.05) is 40.2 Å². The highest BCUT2D eigenvalue weighted by Crippen LogP contribution is 2.18. The first kappa shape index (κ1) is 22.2. The van der Waals surface area contributed by atoms with Crippen molar-refractivity contribution in [1.82, 2.24) is 0 Å². The van der Waals surface area contributed by atoms with E-state index >= 15 is 0 Å². The van der Waals surface area contributed by atoms with Crippen molar-refractivity contribution in [2.75, 3.05) is 19.8 Å². The van der Waals surface area contributed by atoms with Gasteiger partial charge in [0.05, 0.1) is 6.61 Å². The van der Waals surface area contributed by atoms with Crippen LogP contribution in [0.5, 0.6) is 5.75 Å². The van der Waals surface area contributed by atoms with Gasteiger partial charge in [0.25, 0.3) is 0 Å². The zero-order chi connectivity index (χ0) is 20.4. The Labute approximate surface area is 175 Å². The molecule has 150 valence electrons. The van der Waals surface area contributed by atoms with Gasteiger partial charge in [-0.05, 0) is 67.8 Å². The third-order valence-electron chi connectivity index (χ3n) is 4.20. The van der Waals surface area contributed by atoms with Crippen LogP contribution < -0.4 is 4.74 Å². The lowest BCUT2D eigenvalue weighted by Crippen LogP contribution is -2.28. The Balaban J connectivity index is 1.90. The van der Waals surface area contributed by atoms with Crippen molar-refractivity contribution >= 4 is 27.5 Å². The van der Waals surface area contributed by atoms with E-state index < -0.39 is 6.10 Å². The Morgan fingerprint density at radius 3 is 2.32 bits per heavy atom. The maximum absolute atomic E-state index is 12.0. The summed E-state index contributed by atoms with van der Waals surface area (Å²) in [6, 6.07) is 15.9. The SMILES string of the molecule is CCOC(=O)C(Cc1ccc(OC/C=C(\C)c2ccc(Br)cc2)cc1)OCC. The van der Waals surface area contributed by atoms with Crippen LogP contribution in [0, 0.1) is 0 Å². The molecule has 5 heteroatoms. The van der Waals surface area contributed by atoms with Crippen molar-refractivity contribution in [3.63, 3.8) is 0 Å². The fourth-order valence-corrected chi connectivity index (χ4v) is 2.94. The van der Waals surface area contributed by atoms with Crippen LogP contribution in [0.4, 0.5) is 0 Å². The number of halogens is 1. The Kier molecular flexibility index (Phi) is 9.24. The second-order valence-corrected chi connectivity index (χ2v) is 7.16. The highest BCUT2D eigenvalue weighted by molar-refractivity contribution is 9.10. The predicted molar refractivity (Wildman–Crippen MR) is 115 cm³/mol. The molecular weight excluding hydrogens is 420 g/mol. The number of carbonyl (C=O) groups excluding carboxylic acids is 1. The van der Waals surface area contributed by atoms with Crippen LogP contribution in [0.2, 0.25) is 0 Å². The molecule has 0 spiro atoms. The second kappa shape index (κ2) is 11.7. The number of rotatable bonds is 10. The van der Waals surface area contributed by atoms with Crippen LogP contribution in [-0.2, 0) is 20.7 Å². The van der Waals surface area contributed by atoms with Gasteiger partial charge in [0.2, 0.25) is 0 Å². The summed E-state index contributed by atoms with van der Waals surface area (Å²) in [6.07, 6.45) is 1.96. The third-order valence-corrected chi connectivity index (χ3v) is 4.73. The van der Waals surface area contributed by atoms with Gasteiger partial charge in [-0.15, -0.1) is 0 Å². The zero-order valence-corrected chi connectivity index (χ0v) is 18.2. The molecule has 0 aliphatic rings. The third kappa shape index (κ3) is 7.13. The molecule has 0 saturated heterocycles. The number of esters is 1. The summed E-state index contributed by atoms with van der Waals surface area (Å²) in [5.41, 5.74) is 3.33. The molecule has 0 heterocycles. The fraction of sp³-hybridized carbons (Fsp3) is 0.348. The van der Waals surface area contributed by atoms with Gasteiger partial charge in [0.15, 0.2) is 6.10 Å². The smallest absolute Gasteiger partial charge is 0.335 e. The maximum Gasteiger partial charge on any atom is 0.335 e. The summed E-state index contributed by atoms with van der Waals surface area (Å²) in [4.78, 5) is 12.0. The normalized spacial score (nSPS) is 12.5. The fourth-order valence-electron chi connectivity index (χ4n) is 2.68. The molecule has 1 atom stereocenters. The van der Waals surface area contributed by atoms with Gasteiger partial charge >= 0.3 is 5.97 Å². The minimum atomic E-state index is -0.576. The molecule has 0 N–H and O–H groups in total. The number of ether oxygens (including phenoxy) is 3. The minimum Gasteiger partial charge on any atom is -0.490 e. The van der Waals surface area contributed by atoms with E-state index in [9.17, 15) is 4.79 Å². The first-order chi connectivity index (χ1) is 13.5. The Morgan fingerprint density at radius 1 is 1.04 bits per heavy atom. The molecule has 0 aliphatic carbocycles. The van der Waals surface area contributed by atoms with E-state index in [-0.39, 0.29) is 5.97 Å². The van der Waals surface area contributed by atoms with E-state index in [1.807, 2.05) is 43.3 Å². The number of hydrogen-bond acceptors (Lipinski definition) is 4. The summed E-state index contributed by atoms with van der Waals surface area (Å²) >= 11 is 3.44. The molecule has 0 fully saturated rings. The molecule has 0 bridgehead atoms. The molecule has 2 aromatic carbocycles. The molecule has 2 rings (SSSR count). The van der Waals surface area contributed by atoms with Crippen LogP contribution in [-0.4, -0.2) is 31.9 Å². The van der Waals surface area contributed by atoms with E-state index in [1.54, 1.807) is 6.92 Å². The van der Waals surface area contributed by atoms with Gasteiger partial charge in [-0.25, -0.2) is 4.79 Å². The highest BCUT2D eigenvalue weighted by Gasteiger charge is 2.20. The minimum absolute atomic E-state index is 0.321. The molecule has 0 amide bonds. The van der Waals surface area contributed by atoms with E-state index in [2.05, 4.69) is 41.1 Å². The van der Waals surface area contributed by atoms with E-state index in [0.29, 0.717) is 26.2 Å². The molecule has 28 heavy (non-hydrogen) atoms. The molecule has 0 aromatic heterocycles. The summed E-state index contributed by atoms with van der Waals surface area (Å²) in [5.74, 6) is 0.464. The van der Waals surface area contributed by atoms with Crippen molar-refractivity contribution in [2.24, 2.45) is 0 Å². The first-order valence-corrected chi connectivity index (χ1v) is 10.3. The van der Waals surface area contributed by atoms with Gasteiger partial charge < -0.3 is 14.2 Å². The van der Waals surface area contributed by atoms with Crippen molar-refractivity contribution in [3.8, 4) is 5.75 Å². The van der Waals surface area contributed by atoms with Crippen molar-refractivity contribution in [3.05, 3.63) is 70.2 Å².